The average molecular weight is 471 g/mol. The maximum absolute atomic E-state index is 13.3. The first kappa shape index (κ1) is 23.9. The summed E-state index contributed by atoms with van der Waals surface area (Å²) in [6.45, 7) is 3.21. The van der Waals surface area contributed by atoms with Gasteiger partial charge in [-0.05, 0) is 68.4 Å². The minimum absolute atomic E-state index is 0.151. The first-order chi connectivity index (χ1) is 15.7. The van der Waals surface area contributed by atoms with Gasteiger partial charge in [0, 0.05) is 5.69 Å². The van der Waals surface area contributed by atoms with Crippen LogP contribution in [0.3, 0.4) is 0 Å². The molecule has 7 nitrogen and oxygen atoms in total. The predicted octanol–water partition coefficient (Wildman–Crippen LogP) is 4.14. The normalized spacial score (nSPS) is 11.0. The van der Waals surface area contributed by atoms with Crippen molar-refractivity contribution in [3.63, 3.8) is 0 Å². The van der Waals surface area contributed by atoms with Crippen LogP contribution in [0.25, 0.3) is 0 Å². The first-order valence-corrected chi connectivity index (χ1v) is 11.6. The van der Waals surface area contributed by atoms with Crippen molar-refractivity contribution in [3.8, 4) is 0 Å². The fraction of sp³-hybridized carbons (Fsp3) is 0.167. The van der Waals surface area contributed by atoms with Gasteiger partial charge in [0.15, 0.2) is 0 Å². The third-order valence-electron chi connectivity index (χ3n) is 4.67. The van der Waals surface area contributed by atoms with Crippen LogP contribution in [0, 0.1) is 12.7 Å². The van der Waals surface area contributed by atoms with E-state index in [-0.39, 0.29) is 22.8 Å². The zero-order valence-corrected chi connectivity index (χ0v) is 18.9. The fourth-order valence-corrected chi connectivity index (χ4v) is 4.45. The Bertz CT molecular complexity index is 1240. The van der Waals surface area contributed by atoms with E-state index in [0.29, 0.717) is 5.69 Å². The number of nitrogens with zero attached hydrogens (tertiary/aromatic N) is 1. The molecule has 3 aromatic rings. The molecule has 0 aromatic heterocycles. The van der Waals surface area contributed by atoms with E-state index < -0.39 is 34.3 Å². The van der Waals surface area contributed by atoms with Crippen LogP contribution in [0.15, 0.2) is 77.7 Å². The van der Waals surface area contributed by atoms with Crippen molar-refractivity contribution in [2.75, 3.05) is 22.8 Å². The fourth-order valence-electron chi connectivity index (χ4n) is 3.03. The molecule has 0 aliphatic rings. The number of hydrogen-bond donors (Lipinski definition) is 1. The van der Waals surface area contributed by atoms with Gasteiger partial charge in [-0.3, -0.25) is 9.10 Å². The van der Waals surface area contributed by atoms with E-state index in [1.807, 2.05) is 6.92 Å². The first-order valence-electron chi connectivity index (χ1n) is 10.1. The third-order valence-corrected chi connectivity index (χ3v) is 6.46. The van der Waals surface area contributed by atoms with E-state index >= 15 is 0 Å². The van der Waals surface area contributed by atoms with Crippen molar-refractivity contribution in [2.24, 2.45) is 0 Å². The van der Waals surface area contributed by atoms with Crippen LogP contribution in [0.5, 0.6) is 0 Å². The zero-order valence-electron chi connectivity index (χ0n) is 18.1. The van der Waals surface area contributed by atoms with Gasteiger partial charge in [-0.25, -0.2) is 17.6 Å². The molecule has 1 N–H and O–H groups in total. The smallest absolute Gasteiger partial charge is 0.338 e. The van der Waals surface area contributed by atoms with Crippen molar-refractivity contribution in [2.45, 2.75) is 18.7 Å². The summed E-state index contributed by atoms with van der Waals surface area (Å²) in [6.07, 6.45) is 0. The maximum atomic E-state index is 13.3. The molecule has 0 unspecified atom stereocenters. The van der Waals surface area contributed by atoms with Crippen LogP contribution in [-0.2, 0) is 19.6 Å². The highest BCUT2D eigenvalue weighted by Gasteiger charge is 2.27. The summed E-state index contributed by atoms with van der Waals surface area (Å²) in [5, 5.41) is 2.61. The Labute approximate surface area is 191 Å². The van der Waals surface area contributed by atoms with Gasteiger partial charge >= 0.3 is 5.97 Å². The Morgan fingerprint density at radius 1 is 1.00 bits per heavy atom. The maximum Gasteiger partial charge on any atom is 0.338 e. The summed E-state index contributed by atoms with van der Waals surface area (Å²) in [6, 6.07) is 17.1. The largest absolute Gasteiger partial charge is 0.462 e. The van der Waals surface area contributed by atoms with Gasteiger partial charge in [0.05, 0.1) is 22.8 Å². The molecular formula is C24H23FN2O5S. The third kappa shape index (κ3) is 5.95. The van der Waals surface area contributed by atoms with Gasteiger partial charge < -0.3 is 10.1 Å². The Kier molecular flexibility index (Phi) is 7.44. The summed E-state index contributed by atoms with van der Waals surface area (Å²) in [5.74, 6) is -1.73. The number of rotatable bonds is 8. The highest BCUT2D eigenvalue weighted by molar-refractivity contribution is 7.92. The number of ether oxygens (including phenoxy) is 1. The molecule has 0 spiro atoms. The van der Waals surface area contributed by atoms with Crippen molar-refractivity contribution in [1.29, 1.82) is 0 Å². The molecule has 0 saturated heterocycles. The number of amides is 1. The second-order valence-corrected chi connectivity index (χ2v) is 9.01. The lowest BCUT2D eigenvalue weighted by atomic mass is 10.2. The number of esters is 1. The second-order valence-electron chi connectivity index (χ2n) is 7.15. The number of benzene rings is 3. The lowest BCUT2D eigenvalue weighted by Crippen LogP contribution is -2.38. The van der Waals surface area contributed by atoms with Gasteiger partial charge in [-0.1, -0.05) is 23.8 Å². The molecule has 1 amide bonds. The van der Waals surface area contributed by atoms with Gasteiger partial charge in [0.25, 0.3) is 10.0 Å². The molecule has 33 heavy (non-hydrogen) atoms. The van der Waals surface area contributed by atoms with E-state index in [1.54, 1.807) is 49.4 Å². The molecule has 0 saturated carbocycles. The molecule has 0 radical (unpaired) electrons. The monoisotopic (exact) mass is 470 g/mol. The minimum atomic E-state index is -4.17. The quantitative estimate of drug-likeness (QED) is 0.500. The number of hydrogen-bond acceptors (Lipinski definition) is 5. The number of sulfonamides is 1. The summed E-state index contributed by atoms with van der Waals surface area (Å²) in [4.78, 5) is 24.6. The molecule has 0 heterocycles. The van der Waals surface area contributed by atoms with Gasteiger partial charge in [-0.2, -0.15) is 0 Å². The molecule has 0 aliphatic carbocycles. The van der Waals surface area contributed by atoms with Crippen molar-refractivity contribution in [1.82, 2.24) is 0 Å². The van der Waals surface area contributed by atoms with E-state index in [2.05, 4.69) is 5.32 Å². The summed E-state index contributed by atoms with van der Waals surface area (Å²) in [5.41, 5.74) is 1.76. The topological polar surface area (TPSA) is 92.8 Å². The predicted molar refractivity (Wildman–Crippen MR) is 123 cm³/mol. The lowest BCUT2D eigenvalue weighted by Gasteiger charge is -2.24. The van der Waals surface area contributed by atoms with Crippen LogP contribution in [-0.4, -0.2) is 33.4 Å². The SMILES string of the molecule is CCOC(=O)c1cccc(NC(=O)CN(c2ccc(C)cc2)S(=O)(=O)c2ccc(F)cc2)c1. The van der Waals surface area contributed by atoms with E-state index in [9.17, 15) is 22.4 Å². The Morgan fingerprint density at radius 3 is 2.30 bits per heavy atom. The van der Waals surface area contributed by atoms with Crippen LogP contribution in [0.2, 0.25) is 0 Å². The Hall–Kier alpha value is -3.72. The standard InChI is InChI=1S/C24H23FN2O5S/c1-3-32-24(29)18-5-4-6-20(15-18)26-23(28)16-27(21-11-7-17(2)8-12-21)33(30,31)22-13-9-19(25)10-14-22/h4-15H,3,16H2,1-2H3,(H,26,28). The van der Waals surface area contributed by atoms with E-state index in [1.165, 1.54) is 6.07 Å². The Morgan fingerprint density at radius 2 is 1.67 bits per heavy atom. The second kappa shape index (κ2) is 10.3. The minimum Gasteiger partial charge on any atom is -0.462 e. The number of carbonyl (C=O) groups is 2. The van der Waals surface area contributed by atoms with Gasteiger partial charge in [0.2, 0.25) is 5.91 Å². The van der Waals surface area contributed by atoms with Crippen LogP contribution in [0.4, 0.5) is 15.8 Å². The Balaban J connectivity index is 1.88. The molecule has 3 aromatic carbocycles. The molecule has 0 fully saturated rings. The molecule has 172 valence electrons. The molecule has 3 rings (SSSR count). The van der Waals surface area contributed by atoms with Crippen molar-refractivity contribution in [3.05, 3.63) is 89.7 Å². The summed E-state index contributed by atoms with van der Waals surface area (Å²) >= 11 is 0. The summed E-state index contributed by atoms with van der Waals surface area (Å²) in [7, 11) is -4.17. The average Bonchev–Trinajstić information content (AvgIpc) is 2.79. The van der Waals surface area contributed by atoms with Crippen LogP contribution >= 0.6 is 0 Å². The number of aryl methyl sites for hydroxylation is 1. The van der Waals surface area contributed by atoms with Gasteiger partial charge in [-0.15, -0.1) is 0 Å². The molecule has 0 bridgehead atoms. The molecular weight excluding hydrogens is 447 g/mol. The van der Waals surface area contributed by atoms with E-state index in [4.69, 9.17) is 4.74 Å². The number of anilines is 2. The highest BCUT2D eigenvalue weighted by atomic mass is 32.2. The zero-order chi connectivity index (χ0) is 24.0. The van der Waals surface area contributed by atoms with Crippen molar-refractivity contribution >= 4 is 33.3 Å². The van der Waals surface area contributed by atoms with Gasteiger partial charge in [0.1, 0.15) is 12.4 Å². The number of halogens is 1. The molecule has 9 heteroatoms. The molecule has 0 aliphatic heterocycles. The summed E-state index contributed by atoms with van der Waals surface area (Å²) < 4.78 is 45.8. The molecule has 0 atom stereocenters. The number of carbonyl (C=O) groups excluding carboxylic acids is 2. The lowest BCUT2D eigenvalue weighted by molar-refractivity contribution is -0.114. The highest BCUT2D eigenvalue weighted by Crippen LogP contribution is 2.24. The van der Waals surface area contributed by atoms with Crippen LogP contribution < -0.4 is 9.62 Å². The van der Waals surface area contributed by atoms with E-state index in [0.717, 1.165) is 34.1 Å². The van der Waals surface area contributed by atoms with Crippen molar-refractivity contribution < 1.29 is 27.1 Å². The van der Waals surface area contributed by atoms with Crippen LogP contribution in [0.1, 0.15) is 22.8 Å². The number of nitrogens with one attached hydrogen (secondary N) is 1.